The fourth-order valence-electron chi connectivity index (χ4n) is 0.599. The van der Waals surface area contributed by atoms with Crippen LogP contribution in [0.15, 0.2) is 0 Å². The molecule has 1 unspecified atom stereocenters. The third kappa shape index (κ3) is 1.34. The molecule has 1 aliphatic heterocycles. The van der Waals surface area contributed by atoms with E-state index in [2.05, 4.69) is 9.78 Å². The van der Waals surface area contributed by atoms with Gasteiger partial charge in [0.15, 0.2) is 12.4 Å². The highest BCUT2D eigenvalue weighted by Gasteiger charge is 2.24. The molecule has 1 heterocycles. The average molecular weight is 130 g/mol. The summed E-state index contributed by atoms with van der Waals surface area (Å²) in [5.74, 6) is -0.549. The van der Waals surface area contributed by atoms with E-state index in [1.165, 1.54) is 0 Å². The van der Waals surface area contributed by atoms with Crippen molar-refractivity contribution in [3.05, 3.63) is 0 Å². The van der Waals surface area contributed by atoms with E-state index >= 15 is 0 Å². The van der Waals surface area contributed by atoms with Crippen molar-refractivity contribution in [1.82, 2.24) is 0 Å². The fourth-order valence-corrected chi connectivity index (χ4v) is 0.599. The molecular formula is C5H6O4. The average Bonchev–Trinajstić information content (AvgIpc) is 2.37. The first-order valence-electron chi connectivity index (χ1n) is 2.62. The summed E-state index contributed by atoms with van der Waals surface area (Å²) in [5, 5.41) is 0. The number of carbonyl (C=O) groups excluding carboxylic acids is 2. The van der Waals surface area contributed by atoms with E-state index in [1.54, 1.807) is 0 Å². The van der Waals surface area contributed by atoms with Crippen molar-refractivity contribution >= 4 is 12.1 Å². The third-order valence-electron chi connectivity index (χ3n) is 1.08. The van der Waals surface area contributed by atoms with Crippen LogP contribution in [0.1, 0.15) is 6.42 Å². The zero-order valence-electron chi connectivity index (χ0n) is 4.70. The van der Waals surface area contributed by atoms with Gasteiger partial charge in [-0.2, -0.15) is 0 Å². The summed E-state index contributed by atoms with van der Waals surface area (Å²) in [5.41, 5.74) is 0. The largest absolute Gasteiger partial charge is 0.294 e. The van der Waals surface area contributed by atoms with Gasteiger partial charge in [-0.3, -0.25) is 9.59 Å². The smallest absolute Gasteiger partial charge is 0.227 e. The van der Waals surface area contributed by atoms with Gasteiger partial charge in [-0.05, 0) is 0 Å². The Balaban J connectivity index is 2.41. The van der Waals surface area contributed by atoms with Gasteiger partial charge in [0.05, 0.1) is 6.61 Å². The van der Waals surface area contributed by atoms with Gasteiger partial charge in [-0.1, -0.05) is 0 Å². The van der Waals surface area contributed by atoms with Crippen molar-refractivity contribution in [1.29, 1.82) is 0 Å². The fraction of sp³-hybridized carbons (Fsp3) is 0.600. The highest BCUT2D eigenvalue weighted by molar-refractivity contribution is 6.27. The second-order valence-electron chi connectivity index (χ2n) is 1.72. The van der Waals surface area contributed by atoms with Gasteiger partial charge < -0.3 is 0 Å². The topological polar surface area (TPSA) is 52.6 Å². The Hall–Kier alpha value is -0.740. The maximum atomic E-state index is 10.4. The SMILES string of the molecule is O=CC(=O)C1CCOO1. The summed E-state index contributed by atoms with van der Waals surface area (Å²) >= 11 is 0. The Labute approximate surface area is 51.7 Å². The van der Waals surface area contributed by atoms with Crippen molar-refractivity contribution in [2.24, 2.45) is 0 Å². The molecule has 1 saturated heterocycles. The summed E-state index contributed by atoms with van der Waals surface area (Å²) < 4.78 is 0. The van der Waals surface area contributed by atoms with Crippen LogP contribution in [0.5, 0.6) is 0 Å². The zero-order chi connectivity index (χ0) is 6.69. The first-order chi connectivity index (χ1) is 4.34. The van der Waals surface area contributed by atoms with E-state index in [4.69, 9.17) is 0 Å². The number of ketones is 1. The maximum absolute atomic E-state index is 10.4. The Kier molecular flexibility index (Phi) is 1.92. The van der Waals surface area contributed by atoms with Crippen molar-refractivity contribution < 1.29 is 19.4 Å². The van der Waals surface area contributed by atoms with Gasteiger partial charge in [0.25, 0.3) is 0 Å². The van der Waals surface area contributed by atoms with Gasteiger partial charge in [0.1, 0.15) is 0 Å². The zero-order valence-corrected chi connectivity index (χ0v) is 4.70. The minimum atomic E-state index is -0.650. The molecule has 1 rings (SSSR count). The lowest BCUT2D eigenvalue weighted by molar-refractivity contribution is -0.268. The summed E-state index contributed by atoms with van der Waals surface area (Å²) in [4.78, 5) is 29.1. The molecule has 9 heavy (non-hydrogen) atoms. The second-order valence-corrected chi connectivity index (χ2v) is 1.72. The highest BCUT2D eigenvalue weighted by Crippen LogP contribution is 2.07. The number of hydrogen-bond donors (Lipinski definition) is 0. The van der Waals surface area contributed by atoms with Crippen LogP contribution in [-0.2, 0) is 19.4 Å². The molecule has 50 valence electrons. The lowest BCUT2D eigenvalue weighted by Gasteiger charge is -1.96. The number of Topliss-reactive ketones (excluding diaryl/α,β-unsaturated/α-hetero) is 1. The number of hydrogen-bond acceptors (Lipinski definition) is 4. The van der Waals surface area contributed by atoms with E-state index in [9.17, 15) is 9.59 Å². The molecule has 0 saturated carbocycles. The van der Waals surface area contributed by atoms with E-state index in [1.807, 2.05) is 0 Å². The Morgan fingerprint density at radius 3 is 2.89 bits per heavy atom. The Morgan fingerprint density at radius 1 is 1.67 bits per heavy atom. The van der Waals surface area contributed by atoms with Crippen LogP contribution < -0.4 is 0 Å². The molecule has 1 fully saturated rings. The van der Waals surface area contributed by atoms with Crippen LogP contribution in [0.3, 0.4) is 0 Å². The molecule has 1 aliphatic rings. The first kappa shape index (κ1) is 6.38. The van der Waals surface area contributed by atoms with Crippen LogP contribution >= 0.6 is 0 Å². The first-order valence-corrected chi connectivity index (χ1v) is 2.62. The van der Waals surface area contributed by atoms with Crippen LogP contribution in [0.2, 0.25) is 0 Å². The monoisotopic (exact) mass is 130 g/mol. The summed E-state index contributed by atoms with van der Waals surface area (Å²) in [6.07, 6.45) is 0.0826. The minimum Gasteiger partial charge on any atom is -0.294 e. The molecule has 4 heteroatoms. The van der Waals surface area contributed by atoms with Crippen LogP contribution in [0.4, 0.5) is 0 Å². The van der Waals surface area contributed by atoms with Gasteiger partial charge in [0.2, 0.25) is 5.78 Å². The van der Waals surface area contributed by atoms with Crippen LogP contribution in [-0.4, -0.2) is 24.8 Å². The summed E-state index contributed by atoms with van der Waals surface area (Å²) in [7, 11) is 0. The predicted molar refractivity (Wildman–Crippen MR) is 26.5 cm³/mol. The lowest BCUT2D eigenvalue weighted by Crippen LogP contribution is -2.19. The van der Waals surface area contributed by atoms with E-state index in [-0.39, 0.29) is 6.29 Å². The van der Waals surface area contributed by atoms with E-state index in [0.717, 1.165) is 0 Å². The number of aldehydes is 1. The molecule has 0 aromatic rings. The Bertz CT molecular complexity index is 125. The quantitative estimate of drug-likeness (QED) is 0.286. The molecule has 0 aromatic heterocycles. The predicted octanol–water partition coefficient (Wildman–Crippen LogP) is -0.525. The Morgan fingerprint density at radius 2 is 2.44 bits per heavy atom. The molecule has 0 N–H and O–H groups in total. The molecule has 0 amide bonds. The van der Waals surface area contributed by atoms with Crippen molar-refractivity contribution in [2.75, 3.05) is 6.61 Å². The summed E-state index contributed by atoms with van der Waals surface area (Å²) in [6.45, 7) is 0.393. The van der Waals surface area contributed by atoms with Crippen LogP contribution in [0, 0.1) is 0 Å². The maximum Gasteiger partial charge on any atom is 0.227 e. The lowest BCUT2D eigenvalue weighted by atomic mass is 10.2. The van der Waals surface area contributed by atoms with Gasteiger partial charge in [0, 0.05) is 6.42 Å². The number of carbonyl (C=O) groups is 2. The van der Waals surface area contributed by atoms with Crippen molar-refractivity contribution in [3.8, 4) is 0 Å². The normalized spacial score (nSPS) is 26.0. The molecule has 0 aliphatic carbocycles. The van der Waals surface area contributed by atoms with Crippen LogP contribution in [0.25, 0.3) is 0 Å². The second kappa shape index (κ2) is 2.70. The minimum absolute atomic E-state index is 0.249. The highest BCUT2D eigenvalue weighted by atomic mass is 17.2. The van der Waals surface area contributed by atoms with Gasteiger partial charge in [-0.25, -0.2) is 9.78 Å². The number of rotatable bonds is 2. The van der Waals surface area contributed by atoms with Crippen molar-refractivity contribution in [3.63, 3.8) is 0 Å². The molecule has 4 nitrogen and oxygen atoms in total. The molecular weight excluding hydrogens is 124 g/mol. The standard InChI is InChI=1S/C5H6O4/c6-3-4(7)5-1-2-8-9-5/h3,5H,1-2H2. The van der Waals surface area contributed by atoms with E-state index in [0.29, 0.717) is 13.0 Å². The van der Waals surface area contributed by atoms with Crippen molar-refractivity contribution in [2.45, 2.75) is 12.5 Å². The third-order valence-corrected chi connectivity index (χ3v) is 1.08. The summed E-state index contributed by atoms with van der Waals surface area (Å²) in [6, 6.07) is 0. The molecule has 1 atom stereocenters. The molecule has 0 spiro atoms. The van der Waals surface area contributed by atoms with Gasteiger partial charge >= 0.3 is 0 Å². The molecule has 0 radical (unpaired) electrons. The molecule has 0 bridgehead atoms. The van der Waals surface area contributed by atoms with E-state index < -0.39 is 11.9 Å². The van der Waals surface area contributed by atoms with Gasteiger partial charge in [-0.15, -0.1) is 0 Å². The molecule has 0 aromatic carbocycles.